The molecule has 0 spiro atoms. The Kier molecular flexibility index (Phi) is 8.47. The lowest BCUT2D eigenvalue weighted by Crippen LogP contribution is -2.22. The topological polar surface area (TPSA) is 115 Å². The van der Waals surface area contributed by atoms with E-state index >= 15 is 0 Å². The van der Waals surface area contributed by atoms with Crippen LogP contribution in [0.4, 0.5) is 0 Å². The summed E-state index contributed by atoms with van der Waals surface area (Å²) in [5.74, 6) is -0.0598. The summed E-state index contributed by atoms with van der Waals surface area (Å²) in [6.45, 7) is 2.85. The molecule has 1 aliphatic rings. The van der Waals surface area contributed by atoms with Gasteiger partial charge in [0.2, 0.25) is 0 Å². The Morgan fingerprint density at radius 1 is 0.902 bits per heavy atom. The normalized spacial score (nSPS) is 14.5. The second-order valence-electron chi connectivity index (χ2n) is 10.3. The van der Waals surface area contributed by atoms with Crippen LogP contribution in [0.15, 0.2) is 63.8 Å². The molecular formula is C33H34O8. The van der Waals surface area contributed by atoms with E-state index in [-0.39, 0.29) is 46.1 Å². The quantitative estimate of drug-likeness (QED) is 0.114. The first-order valence-electron chi connectivity index (χ1n) is 14.0. The van der Waals surface area contributed by atoms with Crippen molar-refractivity contribution in [2.75, 3.05) is 13.7 Å². The zero-order valence-electron chi connectivity index (χ0n) is 23.3. The molecule has 1 aliphatic heterocycles. The first-order valence-corrected chi connectivity index (χ1v) is 14.0. The average Bonchev–Trinajstić information content (AvgIpc) is 2.96. The molecule has 0 saturated carbocycles. The molecule has 8 nitrogen and oxygen atoms in total. The lowest BCUT2D eigenvalue weighted by molar-refractivity contribution is -0.135. The number of benzene rings is 3. The van der Waals surface area contributed by atoms with Crippen LogP contribution in [0.5, 0.6) is 28.7 Å². The summed E-state index contributed by atoms with van der Waals surface area (Å²) in [5, 5.41) is 21.0. The van der Waals surface area contributed by atoms with Crippen molar-refractivity contribution >= 4 is 16.9 Å². The molecule has 2 N–H and O–H groups in total. The number of ether oxygens (including phenoxy) is 3. The monoisotopic (exact) mass is 558 g/mol. The number of rotatable bonds is 11. The third kappa shape index (κ3) is 6.01. The minimum Gasteiger partial charge on any atom is -0.507 e. The Morgan fingerprint density at radius 3 is 2.39 bits per heavy atom. The molecular weight excluding hydrogens is 524 g/mol. The van der Waals surface area contributed by atoms with Crippen LogP contribution in [-0.2, 0) is 4.79 Å². The van der Waals surface area contributed by atoms with Crippen LogP contribution in [0.2, 0.25) is 0 Å². The molecule has 2 heterocycles. The molecule has 1 unspecified atom stereocenters. The lowest BCUT2D eigenvalue weighted by atomic mass is 9.85. The largest absolute Gasteiger partial charge is 0.507 e. The summed E-state index contributed by atoms with van der Waals surface area (Å²) in [5.41, 5.74) is 1.41. The summed E-state index contributed by atoms with van der Waals surface area (Å²) in [6, 6.07) is 14.7. The molecule has 0 amide bonds. The third-order valence-corrected chi connectivity index (χ3v) is 7.44. The summed E-state index contributed by atoms with van der Waals surface area (Å²) >= 11 is 0. The van der Waals surface area contributed by atoms with Crippen molar-refractivity contribution in [3.8, 4) is 40.1 Å². The number of carbonyl (C=O) groups is 1. The van der Waals surface area contributed by atoms with Crippen molar-refractivity contribution < 1.29 is 33.6 Å². The fourth-order valence-corrected chi connectivity index (χ4v) is 5.30. The van der Waals surface area contributed by atoms with Crippen LogP contribution < -0.4 is 19.6 Å². The Morgan fingerprint density at radius 2 is 1.66 bits per heavy atom. The Balaban J connectivity index is 1.48. The Hall–Kier alpha value is -4.46. The van der Waals surface area contributed by atoms with Crippen LogP contribution in [0.1, 0.15) is 68.9 Å². The lowest BCUT2D eigenvalue weighted by Gasteiger charge is -2.26. The standard InChI is InChI=1S/C33H34O8/c1-3-4-5-6-7-8-15-39-22-12-9-20(10-13-22)23-17-30(37)40-29-19-26(36)32-25(35)18-28(41-33(32)31(23)29)21-11-14-27(38-2)24(34)16-21/h9-14,16,18-19,23,34,36H,3-8,15,17H2,1-2H3. The van der Waals surface area contributed by atoms with Gasteiger partial charge in [-0.05, 0) is 42.3 Å². The van der Waals surface area contributed by atoms with Crippen LogP contribution in [0.3, 0.4) is 0 Å². The molecule has 0 aliphatic carbocycles. The van der Waals surface area contributed by atoms with Gasteiger partial charge in [-0.15, -0.1) is 0 Å². The number of methoxy groups -OCH3 is 1. The van der Waals surface area contributed by atoms with Gasteiger partial charge in [-0.25, -0.2) is 0 Å². The van der Waals surface area contributed by atoms with Gasteiger partial charge in [0.05, 0.1) is 20.1 Å². The van der Waals surface area contributed by atoms with E-state index in [0.29, 0.717) is 17.7 Å². The number of carbonyl (C=O) groups excluding carboxylic acids is 1. The summed E-state index contributed by atoms with van der Waals surface area (Å²) < 4.78 is 22.7. The molecule has 41 heavy (non-hydrogen) atoms. The van der Waals surface area contributed by atoms with Crippen molar-refractivity contribution in [3.05, 3.63) is 75.9 Å². The maximum atomic E-state index is 13.2. The maximum Gasteiger partial charge on any atom is 0.312 e. The van der Waals surface area contributed by atoms with Gasteiger partial charge in [-0.2, -0.15) is 0 Å². The van der Waals surface area contributed by atoms with Crippen LogP contribution >= 0.6 is 0 Å². The highest BCUT2D eigenvalue weighted by atomic mass is 16.5. The van der Waals surface area contributed by atoms with Gasteiger partial charge >= 0.3 is 5.97 Å². The number of hydrogen-bond donors (Lipinski definition) is 2. The van der Waals surface area contributed by atoms with Crippen molar-refractivity contribution in [1.29, 1.82) is 0 Å². The van der Waals surface area contributed by atoms with Gasteiger partial charge in [0, 0.05) is 29.2 Å². The van der Waals surface area contributed by atoms with E-state index in [1.54, 1.807) is 12.1 Å². The minimum atomic E-state index is -0.482. The first-order chi connectivity index (χ1) is 19.9. The van der Waals surface area contributed by atoms with Crippen molar-refractivity contribution in [2.45, 2.75) is 57.8 Å². The molecule has 0 fully saturated rings. The van der Waals surface area contributed by atoms with Gasteiger partial charge in [0.1, 0.15) is 34.0 Å². The average molecular weight is 559 g/mol. The SMILES string of the molecule is CCCCCCCCOc1ccc(C2CC(=O)Oc3cc(O)c4c(=O)cc(-c5ccc(OC)c(O)c5)oc4c32)cc1. The van der Waals surface area contributed by atoms with E-state index in [4.69, 9.17) is 18.6 Å². The molecule has 1 atom stereocenters. The van der Waals surface area contributed by atoms with E-state index in [9.17, 15) is 19.8 Å². The van der Waals surface area contributed by atoms with Gasteiger partial charge in [-0.3, -0.25) is 9.59 Å². The number of esters is 1. The molecule has 5 rings (SSSR count). The summed E-state index contributed by atoms with van der Waals surface area (Å²) in [6.07, 6.45) is 7.14. The van der Waals surface area contributed by atoms with Crippen LogP contribution in [0, 0.1) is 0 Å². The summed E-state index contributed by atoms with van der Waals surface area (Å²) in [4.78, 5) is 25.8. The molecule has 214 valence electrons. The molecule has 1 aromatic heterocycles. The van der Waals surface area contributed by atoms with Gasteiger partial charge in [0.25, 0.3) is 0 Å². The molecule has 4 aromatic rings. The third-order valence-electron chi connectivity index (χ3n) is 7.44. The number of hydrogen-bond acceptors (Lipinski definition) is 8. The summed E-state index contributed by atoms with van der Waals surface area (Å²) in [7, 11) is 1.44. The Labute approximate surface area is 238 Å². The Bertz CT molecular complexity index is 1600. The highest BCUT2D eigenvalue weighted by Gasteiger charge is 2.33. The zero-order chi connectivity index (χ0) is 28.9. The molecule has 3 aromatic carbocycles. The predicted octanol–water partition coefficient (Wildman–Crippen LogP) is 7.06. The highest BCUT2D eigenvalue weighted by Crippen LogP contribution is 2.46. The smallest absolute Gasteiger partial charge is 0.312 e. The van der Waals surface area contributed by atoms with Crippen molar-refractivity contribution in [2.24, 2.45) is 0 Å². The molecule has 0 radical (unpaired) electrons. The van der Waals surface area contributed by atoms with E-state index in [1.165, 1.54) is 51.0 Å². The molecule has 8 heteroatoms. The van der Waals surface area contributed by atoms with Gasteiger partial charge in [-0.1, -0.05) is 51.2 Å². The van der Waals surface area contributed by atoms with Crippen molar-refractivity contribution in [3.63, 3.8) is 0 Å². The van der Waals surface area contributed by atoms with E-state index in [2.05, 4.69) is 6.92 Å². The molecule has 0 bridgehead atoms. The fourth-order valence-electron chi connectivity index (χ4n) is 5.30. The van der Waals surface area contributed by atoms with Crippen LogP contribution in [0.25, 0.3) is 22.3 Å². The molecule has 0 saturated heterocycles. The number of phenols is 2. The predicted molar refractivity (Wildman–Crippen MR) is 155 cm³/mol. The minimum absolute atomic E-state index is 0.00734. The second-order valence-corrected chi connectivity index (χ2v) is 10.3. The fraction of sp³-hybridized carbons (Fsp3) is 0.333. The van der Waals surface area contributed by atoms with E-state index < -0.39 is 17.3 Å². The van der Waals surface area contributed by atoms with Gasteiger partial charge < -0.3 is 28.8 Å². The maximum absolute atomic E-state index is 13.2. The number of aromatic hydroxyl groups is 2. The van der Waals surface area contributed by atoms with E-state index in [0.717, 1.165) is 24.2 Å². The van der Waals surface area contributed by atoms with Crippen molar-refractivity contribution in [1.82, 2.24) is 0 Å². The first kappa shape index (κ1) is 28.1. The number of phenolic OH excluding ortho intramolecular Hbond substituents is 2. The second kappa shape index (κ2) is 12.4. The number of unbranched alkanes of at least 4 members (excludes halogenated alkanes) is 5. The zero-order valence-corrected chi connectivity index (χ0v) is 23.3. The van der Waals surface area contributed by atoms with E-state index in [1.807, 2.05) is 24.3 Å². The number of fused-ring (bicyclic) bond motifs is 3. The van der Waals surface area contributed by atoms with Gasteiger partial charge in [0.15, 0.2) is 16.9 Å². The van der Waals surface area contributed by atoms with Crippen LogP contribution in [-0.4, -0.2) is 29.9 Å². The highest BCUT2D eigenvalue weighted by molar-refractivity contribution is 5.93.